The number of hydrogen-bond acceptors (Lipinski definition) is 4. The van der Waals surface area contributed by atoms with Crippen LogP contribution in [-0.2, 0) is 0 Å². The van der Waals surface area contributed by atoms with E-state index in [-0.39, 0.29) is 0 Å². The molecule has 0 saturated carbocycles. The quantitative estimate of drug-likeness (QED) is 0.209. The number of aromatic nitrogens is 5. The molecule has 0 aliphatic heterocycles. The molecule has 0 fully saturated rings. The van der Waals surface area contributed by atoms with Crippen LogP contribution in [0.3, 0.4) is 0 Å². The standard InChI is InChI=1S/C39H27N5/c1-26-18-20-32-31-16-8-9-17-34(31)44(36(32)23-26)35-21-19-29(30-15-10-22-40-25-30)24-33(35)39-42-37(27-11-4-2-5-12-27)41-38(43-39)28-13-6-3-7-14-28/h2-25H,1H3. The molecule has 208 valence electrons. The Hall–Kier alpha value is -5.94. The first-order valence-corrected chi connectivity index (χ1v) is 14.6. The normalized spacial score (nSPS) is 11.3. The smallest absolute Gasteiger partial charge is 0.166 e. The average Bonchev–Trinajstić information content (AvgIpc) is 3.42. The van der Waals surface area contributed by atoms with Crippen LogP contribution in [0.5, 0.6) is 0 Å². The lowest BCUT2D eigenvalue weighted by atomic mass is 10.0. The van der Waals surface area contributed by atoms with Gasteiger partial charge >= 0.3 is 0 Å². The maximum absolute atomic E-state index is 5.13. The Bertz CT molecular complexity index is 2220. The molecule has 8 rings (SSSR count). The van der Waals surface area contributed by atoms with Gasteiger partial charge in [0.1, 0.15) is 0 Å². The summed E-state index contributed by atoms with van der Waals surface area (Å²) in [6.45, 7) is 2.14. The molecule has 5 heteroatoms. The van der Waals surface area contributed by atoms with Crippen LogP contribution < -0.4 is 0 Å². The van der Waals surface area contributed by atoms with Crippen molar-refractivity contribution in [1.82, 2.24) is 24.5 Å². The molecule has 3 heterocycles. The molecule has 5 nitrogen and oxygen atoms in total. The molecular weight excluding hydrogens is 538 g/mol. The van der Waals surface area contributed by atoms with E-state index in [9.17, 15) is 0 Å². The topological polar surface area (TPSA) is 56.5 Å². The van der Waals surface area contributed by atoms with Gasteiger partial charge < -0.3 is 4.57 Å². The van der Waals surface area contributed by atoms with E-state index in [1.807, 2.05) is 72.9 Å². The minimum atomic E-state index is 0.608. The van der Waals surface area contributed by atoms with Crippen molar-refractivity contribution in [3.8, 4) is 51.0 Å². The van der Waals surface area contributed by atoms with Crippen molar-refractivity contribution in [1.29, 1.82) is 0 Å². The third-order valence-electron chi connectivity index (χ3n) is 8.00. The largest absolute Gasteiger partial charge is 0.308 e. The number of para-hydroxylation sites is 1. The Kier molecular flexibility index (Phi) is 6.27. The maximum Gasteiger partial charge on any atom is 0.166 e. The van der Waals surface area contributed by atoms with Crippen LogP contribution in [0.1, 0.15) is 5.56 Å². The van der Waals surface area contributed by atoms with Gasteiger partial charge in [0.05, 0.1) is 16.7 Å². The summed E-state index contributed by atoms with van der Waals surface area (Å²) >= 11 is 0. The Morgan fingerprint density at radius 1 is 0.477 bits per heavy atom. The second kappa shape index (κ2) is 10.7. The third-order valence-corrected chi connectivity index (χ3v) is 8.00. The molecule has 0 saturated heterocycles. The van der Waals surface area contributed by atoms with E-state index in [0.29, 0.717) is 17.5 Å². The van der Waals surface area contributed by atoms with Gasteiger partial charge in [-0.1, -0.05) is 103 Å². The number of pyridine rings is 1. The molecule has 5 aromatic carbocycles. The first-order chi connectivity index (χ1) is 21.7. The monoisotopic (exact) mass is 565 g/mol. The highest BCUT2D eigenvalue weighted by Crippen LogP contribution is 2.38. The van der Waals surface area contributed by atoms with Gasteiger partial charge in [-0.05, 0) is 48.4 Å². The highest BCUT2D eigenvalue weighted by Gasteiger charge is 2.20. The predicted octanol–water partition coefficient (Wildman–Crippen LogP) is 9.34. The van der Waals surface area contributed by atoms with Gasteiger partial charge in [-0.3, -0.25) is 4.98 Å². The van der Waals surface area contributed by atoms with Gasteiger partial charge in [-0.15, -0.1) is 0 Å². The number of hydrogen-bond donors (Lipinski definition) is 0. The number of rotatable bonds is 5. The molecule has 0 unspecified atom stereocenters. The molecule has 44 heavy (non-hydrogen) atoms. The zero-order chi connectivity index (χ0) is 29.5. The Morgan fingerprint density at radius 2 is 1.11 bits per heavy atom. The molecule has 0 amide bonds. The van der Waals surface area contributed by atoms with E-state index in [0.717, 1.165) is 44.5 Å². The molecule has 0 N–H and O–H groups in total. The van der Waals surface area contributed by atoms with Crippen LogP contribution in [-0.4, -0.2) is 24.5 Å². The van der Waals surface area contributed by atoms with Crippen LogP contribution in [0.2, 0.25) is 0 Å². The minimum absolute atomic E-state index is 0.608. The molecule has 0 aliphatic carbocycles. The Morgan fingerprint density at radius 3 is 1.82 bits per heavy atom. The highest BCUT2D eigenvalue weighted by molar-refractivity contribution is 6.10. The molecule has 0 radical (unpaired) electrons. The van der Waals surface area contributed by atoms with E-state index in [1.165, 1.54) is 16.3 Å². The van der Waals surface area contributed by atoms with Crippen LogP contribution in [0, 0.1) is 6.92 Å². The maximum atomic E-state index is 5.13. The number of fused-ring (bicyclic) bond motifs is 3. The summed E-state index contributed by atoms with van der Waals surface area (Å²) < 4.78 is 2.34. The number of benzene rings is 5. The molecule has 0 spiro atoms. The van der Waals surface area contributed by atoms with Crippen molar-refractivity contribution >= 4 is 21.8 Å². The van der Waals surface area contributed by atoms with Crippen molar-refractivity contribution in [2.24, 2.45) is 0 Å². The van der Waals surface area contributed by atoms with E-state index in [4.69, 9.17) is 15.0 Å². The lowest BCUT2D eigenvalue weighted by Crippen LogP contribution is -2.04. The van der Waals surface area contributed by atoms with Crippen molar-refractivity contribution < 1.29 is 0 Å². The predicted molar refractivity (Wildman–Crippen MR) is 178 cm³/mol. The van der Waals surface area contributed by atoms with Crippen molar-refractivity contribution in [3.63, 3.8) is 0 Å². The summed E-state index contributed by atoms with van der Waals surface area (Å²) in [6, 6.07) is 46.0. The fourth-order valence-corrected chi connectivity index (χ4v) is 5.89. The van der Waals surface area contributed by atoms with Crippen LogP contribution >= 0.6 is 0 Å². The van der Waals surface area contributed by atoms with Crippen LogP contribution in [0.25, 0.3) is 72.8 Å². The summed E-state index contributed by atoms with van der Waals surface area (Å²) in [5.41, 5.74) is 9.32. The fourth-order valence-electron chi connectivity index (χ4n) is 5.89. The van der Waals surface area contributed by atoms with E-state index in [2.05, 4.69) is 83.2 Å². The Labute approximate surface area is 255 Å². The van der Waals surface area contributed by atoms with E-state index >= 15 is 0 Å². The summed E-state index contributed by atoms with van der Waals surface area (Å²) in [4.78, 5) is 19.6. The van der Waals surface area contributed by atoms with Gasteiger partial charge in [-0.2, -0.15) is 0 Å². The van der Waals surface area contributed by atoms with Gasteiger partial charge in [-0.25, -0.2) is 15.0 Å². The second-order valence-electron chi connectivity index (χ2n) is 10.9. The second-order valence-corrected chi connectivity index (χ2v) is 10.9. The zero-order valence-corrected chi connectivity index (χ0v) is 24.1. The van der Waals surface area contributed by atoms with Crippen LogP contribution in [0.15, 0.2) is 146 Å². The molecule has 3 aromatic heterocycles. The first-order valence-electron chi connectivity index (χ1n) is 14.6. The summed E-state index contributed by atoms with van der Waals surface area (Å²) in [6.07, 6.45) is 3.68. The van der Waals surface area contributed by atoms with Crippen LogP contribution in [0.4, 0.5) is 0 Å². The molecule has 0 atom stereocenters. The van der Waals surface area contributed by atoms with Gasteiger partial charge in [0.2, 0.25) is 0 Å². The lowest BCUT2D eigenvalue weighted by molar-refractivity contribution is 1.06. The average molecular weight is 566 g/mol. The molecule has 0 bridgehead atoms. The van der Waals surface area contributed by atoms with Gasteiger partial charge in [0, 0.05) is 45.4 Å². The third kappa shape index (κ3) is 4.52. The Balaban J connectivity index is 1.46. The van der Waals surface area contributed by atoms with Crippen molar-refractivity contribution in [3.05, 3.63) is 151 Å². The summed E-state index contributed by atoms with van der Waals surface area (Å²) in [5.74, 6) is 1.87. The number of aryl methyl sites for hydroxylation is 1. The summed E-state index contributed by atoms with van der Waals surface area (Å²) in [7, 11) is 0. The molecule has 8 aromatic rings. The SMILES string of the molecule is Cc1ccc2c3ccccc3n(-c3ccc(-c4cccnc4)cc3-c3nc(-c4ccccc4)nc(-c4ccccc4)n3)c2c1. The summed E-state index contributed by atoms with van der Waals surface area (Å²) in [5, 5.41) is 2.41. The van der Waals surface area contributed by atoms with Gasteiger partial charge in [0.25, 0.3) is 0 Å². The first kappa shape index (κ1) is 25.7. The molecular formula is C39H27N5. The molecule has 0 aliphatic rings. The zero-order valence-electron chi connectivity index (χ0n) is 24.1. The van der Waals surface area contributed by atoms with E-state index in [1.54, 1.807) is 6.20 Å². The van der Waals surface area contributed by atoms with Crippen molar-refractivity contribution in [2.45, 2.75) is 6.92 Å². The number of nitrogens with zero attached hydrogens (tertiary/aromatic N) is 5. The fraction of sp³-hybridized carbons (Fsp3) is 0.0256. The minimum Gasteiger partial charge on any atom is -0.308 e. The van der Waals surface area contributed by atoms with E-state index < -0.39 is 0 Å². The lowest BCUT2D eigenvalue weighted by Gasteiger charge is -2.16. The van der Waals surface area contributed by atoms with Crippen molar-refractivity contribution in [2.75, 3.05) is 0 Å². The highest BCUT2D eigenvalue weighted by atomic mass is 15.1. The van der Waals surface area contributed by atoms with Gasteiger partial charge in [0.15, 0.2) is 17.5 Å².